The predicted molar refractivity (Wildman–Crippen MR) is 108 cm³/mol. The maximum absolute atomic E-state index is 6.08. The zero-order valence-corrected chi connectivity index (χ0v) is 15.3. The van der Waals surface area contributed by atoms with E-state index in [0.717, 1.165) is 18.4 Å². The lowest BCUT2D eigenvalue weighted by Gasteiger charge is -2.13. The Bertz CT molecular complexity index is 891. The van der Waals surface area contributed by atoms with Gasteiger partial charge in [0, 0.05) is 12.6 Å². The summed E-state index contributed by atoms with van der Waals surface area (Å²) in [5.41, 5.74) is 5.15. The third-order valence-corrected chi connectivity index (χ3v) is 4.73. The highest BCUT2D eigenvalue weighted by atomic mass is 35.5. The summed E-state index contributed by atoms with van der Waals surface area (Å²) in [5.74, 6) is 0.984. The largest absolute Gasteiger partial charge is 0.351 e. The SMILES string of the molecule is Bc1ccc(CNc2nc(Cl)nc(NC3Cc4ccccc4C3)n2)cc1. The molecule has 0 fully saturated rings. The number of nitrogens with zero attached hydrogens (tertiary/aromatic N) is 3. The highest BCUT2D eigenvalue weighted by Crippen LogP contribution is 2.24. The first kappa shape index (κ1) is 16.9. The van der Waals surface area contributed by atoms with Crippen molar-refractivity contribution in [3.05, 3.63) is 70.5 Å². The van der Waals surface area contributed by atoms with Crippen molar-refractivity contribution in [3.63, 3.8) is 0 Å². The summed E-state index contributed by atoms with van der Waals surface area (Å²) < 4.78 is 0. The number of anilines is 2. The number of fused-ring (bicyclic) bond motifs is 1. The van der Waals surface area contributed by atoms with Crippen molar-refractivity contribution in [1.82, 2.24) is 15.0 Å². The fourth-order valence-corrected chi connectivity index (χ4v) is 3.38. The second-order valence-electron chi connectivity index (χ2n) is 6.61. The number of aromatic nitrogens is 3. The van der Waals surface area contributed by atoms with Gasteiger partial charge in [-0.2, -0.15) is 15.0 Å². The van der Waals surface area contributed by atoms with Crippen LogP contribution >= 0.6 is 11.6 Å². The van der Waals surface area contributed by atoms with Gasteiger partial charge in [0.05, 0.1) is 0 Å². The highest BCUT2D eigenvalue weighted by Gasteiger charge is 2.21. The molecule has 1 aliphatic carbocycles. The van der Waals surface area contributed by atoms with Crippen LogP contribution in [0.4, 0.5) is 11.9 Å². The van der Waals surface area contributed by atoms with Crippen molar-refractivity contribution in [3.8, 4) is 0 Å². The summed E-state index contributed by atoms with van der Waals surface area (Å²) in [6.07, 6.45) is 1.93. The molecule has 0 atom stereocenters. The normalized spacial score (nSPS) is 13.4. The predicted octanol–water partition coefficient (Wildman–Crippen LogP) is 1.97. The van der Waals surface area contributed by atoms with E-state index in [2.05, 4.69) is 82.0 Å². The van der Waals surface area contributed by atoms with Crippen LogP contribution in [0.25, 0.3) is 0 Å². The molecule has 0 unspecified atom stereocenters. The summed E-state index contributed by atoms with van der Waals surface area (Å²) in [5, 5.41) is 6.79. The Hall–Kier alpha value is -2.60. The molecule has 5 nitrogen and oxygen atoms in total. The number of hydrogen-bond donors (Lipinski definition) is 2. The van der Waals surface area contributed by atoms with Crippen LogP contribution in [0.3, 0.4) is 0 Å². The molecular weight excluding hydrogens is 345 g/mol. The Morgan fingerprint density at radius 2 is 1.58 bits per heavy atom. The fourth-order valence-electron chi connectivity index (χ4n) is 3.22. The summed E-state index contributed by atoms with van der Waals surface area (Å²) >= 11 is 6.08. The van der Waals surface area contributed by atoms with Gasteiger partial charge in [0.25, 0.3) is 0 Å². The van der Waals surface area contributed by atoms with Gasteiger partial charge in [-0.25, -0.2) is 0 Å². The lowest BCUT2D eigenvalue weighted by molar-refractivity contribution is 0.759. The van der Waals surface area contributed by atoms with E-state index in [9.17, 15) is 0 Å². The minimum Gasteiger partial charge on any atom is -0.351 e. The van der Waals surface area contributed by atoms with Crippen LogP contribution in [0.2, 0.25) is 5.28 Å². The Balaban J connectivity index is 1.42. The summed E-state index contributed by atoms with van der Waals surface area (Å²) in [6, 6.07) is 17.1. The fraction of sp³-hybridized carbons (Fsp3) is 0.211. The quantitative estimate of drug-likeness (QED) is 0.679. The molecule has 0 aliphatic heterocycles. The van der Waals surface area contributed by atoms with Crippen LogP contribution < -0.4 is 16.1 Å². The van der Waals surface area contributed by atoms with Gasteiger partial charge in [0.1, 0.15) is 7.85 Å². The van der Waals surface area contributed by atoms with Gasteiger partial charge in [-0.15, -0.1) is 0 Å². The lowest BCUT2D eigenvalue weighted by atomic mass is 9.95. The molecule has 0 radical (unpaired) electrons. The van der Waals surface area contributed by atoms with Gasteiger partial charge in [-0.05, 0) is 41.1 Å². The van der Waals surface area contributed by atoms with Crippen LogP contribution in [0.1, 0.15) is 16.7 Å². The van der Waals surface area contributed by atoms with Crippen molar-refractivity contribution in [2.24, 2.45) is 0 Å². The first-order valence-electron chi connectivity index (χ1n) is 8.70. The topological polar surface area (TPSA) is 62.7 Å². The standard InChI is InChI=1S/C19H19BClN5/c20-15-7-5-12(6-8-15)11-22-18-24-17(21)25-19(26-18)23-16-9-13-3-1-2-4-14(13)10-16/h1-8,16H,9-11,20H2,(H2,22,23,24,25,26). The van der Waals surface area contributed by atoms with Crippen molar-refractivity contribution in [2.75, 3.05) is 10.6 Å². The summed E-state index contributed by atoms with van der Waals surface area (Å²) in [4.78, 5) is 12.9. The maximum atomic E-state index is 6.08. The zero-order chi connectivity index (χ0) is 17.9. The second kappa shape index (κ2) is 7.34. The average Bonchev–Trinajstić information content (AvgIpc) is 3.03. The molecule has 0 saturated carbocycles. The van der Waals surface area contributed by atoms with Crippen LogP contribution in [0, 0.1) is 0 Å². The van der Waals surface area contributed by atoms with Crippen molar-refractivity contribution < 1.29 is 0 Å². The van der Waals surface area contributed by atoms with Gasteiger partial charge in [0.15, 0.2) is 0 Å². The number of benzene rings is 2. The van der Waals surface area contributed by atoms with Crippen molar-refractivity contribution in [1.29, 1.82) is 0 Å². The maximum Gasteiger partial charge on any atom is 0.229 e. The van der Waals surface area contributed by atoms with E-state index in [0.29, 0.717) is 18.4 Å². The smallest absolute Gasteiger partial charge is 0.229 e. The Kier molecular flexibility index (Phi) is 4.76. The molecule has 0 amide bonds. The molecule has 1 heterocycles. The first-order chi connectivity index (χ1) is 12.7. The number of halogens is 1. The van der Waals surface area contributed by atoms with E-state index in [1.165, 1.54) is 16.6 Å². The third-order valence-electron chi connectivity index (χ3n) is 4.56. The van der Waals surface area contributed by atoms with Crippen molar-refractivity contribution >= 4 is 36.8 Å². The number of rotatable bonds is 5. The molecule has 7 heteroatoms. The Labute approximate surface area is 158 Å². The van der Waals surface area contributed by atoms with Gasteiger partial charge in [-0.3, -0.25) is 0 Å². The molecule has 3 aromatic rings. The monoisotopic (exact) mass is 363 g/mol. The second-order valence-corrected chi connectivity index (χ2v) is 6.95. The van der Waals surface area contributed by atoms with Crippen LogP contribution in [-0.2, 0) is 19.4 Å². The summed E-state index contributed by atoms with van der Waals surface area (Å²) in [6.45, 7) is 0.634. The van der Waals surface area contributed by atoms with Crippen LogP contribution in [0.15, 0.2) is 48.5 Å². The molecule has 4 rings (SSSR count). The number of nitrogens with one attached hydrogen (secondary N) is 2. The lowest BCUT2D eigenvalue weighted by Crippen LogP contribution is -2.21. The van der Waals surface area contributed by atoms with E-state index in [1.807, 2.05) is 0 Å². The zero-order valence-electron chi connectivity index (χ0n) is 14.5. The molecule has 2 N–H and O–H groups in total. The molecule has 0 spiro atoms. The molecule has 1 aromatic heterocycles. The van der Waals surface area contributed by atoms with Gasteiger partial charge < -0.3 is 10.6 Å². The Morgan fingerprint density at radius 3 is 2.27 bits per heavy atom. The molecule has 130 valence electrons. The van der Waals surface area contributed by atoms with E-state index >= 15 is 0 Å². The Morgan fingerprint density at radius 1 is 0.923 bits per heavy atom. The van der Waals surface area contributed by atoms with Crippen molar-refractivity contribution in [2.45, 2.75) is 25.4 Å². The van der Waals surface area contributed by atoms with Gasteiger partial charge >= 0.3 is 0 Å². The highest BCUT2D eigenvalue weighted by molar-refractivity contribution is 6.32. The number of hydrogen-bond acceptors (Lipinski definition) is 5. The van der Waals surface area contributed by atoms with Gasteiger partial charge in [-0.1, -0.05) is 54.0 Å². The van der Waals surface area contributed by atoms with E-state index in [1.54, 1.807) is 0 Å². The van der Waals surface area contributed by atoms with E-state index in [4.69, 9.17) is 11.6 Å². The molecule has 1 aliphatic rings. The van der Waals surface area contributed by atoms with E-state index < -0.39 is 0 Å². The van der Waals surface area contributed by atoms with E-state index in [-0.39, 0.29) is 11.3 Å². The molecule has 26 heavy (non-hydrogen) atoms. The summed E-state index contributed by atoms with van der Waals surface area (Å²) in [7, 11) is 2.07. The minimum atomic E-state index is 0.185. The van der Waals surface area contributed by atoms with Crippen LogP contribution in [0.5, 0.6) is 0 Å². The van der Waals surface area contributed by atoms with Gasteiger partial charge in [0.2, 0.25) is 17.2 Å². The first-order valence-corrected chi connectivity index (χ1v) is 9.08. The third kappa shape index (κ3) is 3.97. The molecular formula is C19H19BClN5. The van der Waals surface area contributed by atoms with Crippen LogP contribution in [-0.4, -0.2) is 28.8 Å². The molecule has 0 saturated heterocycles. The average molecular weight is 364 g/mol. The molecule has 0 bridgehead atoms. The molecule has 2 aromatic carbocycles. The minimum absolute atomic E-state index is 0.185.